The number of ether oxygens (including phenoxy) is 1. The Labute approximate surface area is 157 Å². The third kappa shape index (κ3) is 3.92. The Bertz CT molecular complexity index is 982. The summed E-state index contributed by atoms with van der Waals surface area (Å²) in [6, 6.07) is 21.0. The lowest BCUT2D eigenvalue weighted by Gasteiger charge is -2.16. The highest BCUT2D eigenvalue weighted by molar-refractivity contribution is 5.96. The highest BCUT2D eigenvalue weighted by Crippen LogP contribution is 2.24. The molecule has 4 rings (SSSR count). The molecule has 1 aliphatic rings. The molecule has 27 heavy (non-hydrogen) atoms. The van der Waals surface area contributed by atoms with Gasteiger partial charge in [0.1, 0.15) is 5.75 Å². The van der Waals surface area contributed by atoms with Crippen molar-refractivity contribution in [3.63, 3.8) is 0 Å². The van der Waals surface area contributed by atoms with Gasteiger partial charge in [0.15, 0.2) is 6.61 Å². The third-order valence-corrected chi connectivity index (χ3v) is 4.62. The van der Waals surface area contributed by atoms with Gasteiger partial charge < -0.3 is 15.0 Å². The summed E-state index contributed by atoms with van der Waals surface area (Å²) in [5, 5.41) is 5.05. The smallest absolute Gasteiger partial charge is 0.262 e. The first-order valence-corrected chi connectivity index (χ1v) is 9.01. The van der Waals surface area contributed by atoms with Gasteiger partial charge in [-0.2, -0.15) is 0 Å². The zero-order chi connectivity index (χ0) is 18.6. The summed E-state index contributed by atoms with van der Waals surface area (Å²) in [6.07, 6.45) is 1.50. The second-order valence-electron chi connectivity index (χ2n) is 6.54. The molecule has 0 saturated carbocycles. The van der Waals surface area contributed by atoms with Crippen LogP contribution in [0.25, 0.3) is 10.8 Å². The minimum Gasteiger partial charge on any atom is -0.484 e. The van der Waals surface area contributed by atoms with Crippen molar-refractivity contribution in [2.24, 2.45) is 0 Å². The van der Waals surface area contributed by atoms with Crippen molar-refractivity contribution >= 4 is 34.0 Å². The number of fused-ring (bicyclic) bond motifs is 1. The fraction of sp³-hybridized carbons (Fsp3) is 0.182. The van der Waals surface area contributed by atoms with Crippen LogP contribution in [0.3, 0.4) is 0 Å². The van der Waals surface area contributed by atoms with Gasteiger partial charge in [0.2, 0.25) is 5.91 Å². The van der Waals surface area contributed by atoms with Gasteiger partial charge in [0.05, 0.1) is 0 Å². The summed E-state index contributed by atoms with van der Waals surface area (Å²) >= 11 is 0. The van der Waals surface area contributed by atoms with Gasteiger partial charge >= 0.3 is 0 Å². The molecule has 1 heterocycles. The second kappa shape index (κ2) is 7.50. The normalized spacial score (nSPS) is 13.8. The molecule has 1 saturated heterocycles. The molecule has 0 unspecified atom stereocenters. The second-order valence-corrected chi connectivity index (χ2v) is 6.54. The molecule has 1 N–H and O–H groups in total. The van der Waals surface area contributed by atoms with Gasteiger partial charge in [0.25, 0.3) is 5.91 Å². The van der Waals surface area contributed by atoms with Crippen LogP contribution in [0.4, 0.5) is 11.4 Å². The van der Waals surface area contributed by atoms with Gasteiger partial charge in [-0.1, -0.05) is 30.3 Å². The fourth-order valence-electron chi connectivity index (χ4n) is 3.26. The van der Waals surface area contributed by atoms with Crippen molar-refractivity contribution in [2.75, 3.05) is 23.4 Å². The SMILES string of the molecule is O=C(COc1ccc(N2CCCC2=O)cc1)Nc1ccc2ccccc2c1. The third-order valence-electron chi connectivity index (χ3n) is 4.62. The Morgan fingerprint density at radius 3 is 2.52 bits per heavy atom. The van der Waals surface area contributed by atoms with Gasteiger partial charge in [-0.3, -0.25) is 9.59 Å². The molecule has 5 nitrogen and oxygen atoms in total. The van der Waals surface area contributed by atoms with Crippen LogP contribution in [0.2, 0.25) is 0 Å². The van der Waals surface area contributed by atoms with Crippen molar-refractivity contribution < 1.29 is 14.3 Å². The lowest BCUT2D eigenvalue weighted by atomic mass is 10.1. The minimum atomic E-state index is -0.218. The summed E-state index contributed by atoms with van der Waals surface area (Å²) in [5.74, 6) is 0.529. The van der Waals surface area contributed by atoms with E-state index < -0.39 is 0 Å². The van der Waals surface area contributed by atoms with Crippen LogP contribution in [0, 0.1) is 0 Å². The number of benzene rings is 3. The first-order valence-electron chi connectivity index (χ1n) is 9.01. The van der Waals surface area contributed by atoms with Crippen LogP contribution in [-0.4, -0.2) is 25.0 Å². The fourth-order valence-corrected chi connectivity index (χ4v) is 3.26. The van der Waals surface area contributed by atoms with E-state index in [4.69, 9.17) is 4.74 Å². The maximum atomic E-state index is 12.2. The molecule has 0 radical (unpaired) electrons. The van der Waals surface area contributed by atoms with Crippen LogP contribution in [-0.2, 0) is 9.59 Å². The predicted molar refractivity (Wildman–Crippen MR) is 106 cm³/mol. The number of hydrogen-bond donors (Lipinski definition) is 1. The zero-order valence-electron chi connectivity index (χ0n) is 14.9. The van der Waals surface area contributed by atoms with Crippen LogP contribution >= 0.6 is 0 Å². The summed E-state index contributed by atoms with van der Waals surface area (Å²) in [5.41, 5.74) is 1.61. The number of nitrogens with one attached hydrogen (secondary N) is 1. The number of rotatable bonds is 5. The molecule has 3 aromatic rings. The summed E-state index contributed by atoms with van der Waals surface area (Å²) in [7, 11) is 0. The number of carbonyl (C=O) groups is 2. The highest BCUT2D eigenvalue weighted by atomic mass is 16.5. The number of amides is 2. The van der Waals surface area contributed by atoms with E-state index in [2.05, 4.69) is 5.32 Å². The molecule has 0 aromatic heterocycles. The molecule has 1 fully saturated rings. The van der Waals surface area contributed by atoms with E-state index in [-0.39, 0.29) is 18.4 Å². The summed E-state index contributed by atoms with van der Waals surface area (Å²) < 4.78 is 5.56. The Kier molecular flexibility index (Phi) is 4.75. The number of anilines is 2. The minimum absolute atomic E-state index is 0.0746. The average Bonchev–Trinajstić information content (AvgIpc) is 3.12. The van der Waals surface area contributed by atoms with Crippen molar-refractivity contribution in [1.29, 1.82) is 0 Å². The molecule has 0 atom stereocenters. The average molecular weight is 360 g/mol. The first-order chi connectivity index (χ1) is 13.2. The molecule has 0 spiro atoms. The van der Waals surface area contributed by atoms with E-state index in [1.165, 1.54) is 0 Å². The van der Waals surface area contributed by atoms with Gasteiger partial charge in [0, 0.05) is 24.3 Å². The lowest BCUT2D eigenvalue weighted by molar-refractivity contribution is -0.118. The summed E-state index contributed by atoms with van der Waals surface area (Å²) in [6.45, 7) is 0.683. The van der Waals surface area contributed by atoms with E-state index in [0.717, 1.165) is 35.1 Å². The molecule has 2 amide bonds. The lowest BCUT2D eigenvalue weighted by Crippen LogP contribution is -2.23. The maximum Gasteiger partial charge on any atom is 0.262 e. The van der Waals surface area contributed by atoms with Crippen LogP contribution in [0.5, 0.6) is 5.75 Å². The standard InChI is InChI=1S/C22H20N2O3/c25-21(23-18-8-7-16-4-1-2-5-17(16)14-18)15-27-20-11-9-19(10-12-20)24-13-3-6-22(24)26/h1-2,4-5,7-12,14H,3,6,13,15H2,(H,23,25). The van der Waals surface area contributed by atoms with Gasteiger partial charge in [-0.25, -0.2) is 0 Å². The molecular formula is C22H20N2O3. The quantitative estimate of drug-likeness (QED) is 0.749. The van der Waals surface area contributed by atoms with Crippen molar-refractivity contribution in [2.45, 2.75) is 12.8 Å². The molecular weight excluding hydrogens is 340 g/mol. The molecule has 3 aromatic carbocycles. The highest BCUT2D eigenvalue weighted by Gasteiger charge is 2.21. The van der Waals surface area contributed by atoms with Gasteiger partial charge in [-0.05, 0) is 53.6 Å². The molecule has 5 heteroatoms. The van der Waals surface area contributed by atoms with Crippen molar-refractivity contribution in [3.05, 3.63) is 66.7 Å². The van der Waals surface area contributed by atoms with Crippen LogP contribution in [0.15, 0.2) is 66.7 Å². The largest absolute Gasteiger partial charge is 0.484 e. The monoisotopic (exact) mass is 360 g/mol. The summed E-state index contributed by atoms with van der Waals surface area (Å²) in [4.78, 5) is 25.7. The maximum absolute atomic E-state index is 12.2. The number of hydrogen-bond acceptors (Lipinski definition) is 3. The molecule has 1 aliphatic heterocycles. The zero-order valence-corrected chi connectivity index (χ0v) is 14.9. The Morgan fingerprint density at radius 1 is 1.00 bits per heavy atom. The van der Waals surface area contributed by atoms with E-state index in [9.17, 15) is 9.59 Å². The molecule has 0 bridgehead atoms. The Hall–Kier alpha value is -3.34. The van der Waals surface area contributed by atoms with Gasteiger partial charge in [-0.15, -0.1) is 0 Å². The van der Waals surface area contributed by atoms with E-state index in [1.54, 1.807) is 17.0 Å². The Morgan fingerprint density at radius 2 is 1.78 bits per heavy atom. The number of nitrogens with zero attached hydrogens (tertiary/aromatic N) is 1. The van der Waals surface area contributed by atoms with Crippen LogP contribution < -0.4 is 15.0 Å². The van der Waals surface area contributed by atoms with E-state index in [0.29, 0.717) is 12.2 Å². The Balaban J connectivity index is 1.33. The predicted octanol–water partition coefficient (Wildman–Crippen LogP) is 3.98. The van der Waals surface area contributed by atoms with Crippen LogP contribution in [0.1, 0.15) is 12.8 Å². The molecule has 0 aliphatic carbocycles. The topological polar surface area (TPSA) is 58.6 Å². The van der Waals surface area contributed by atoms with Crippen molar-refractivity contribution in [1.82, 2.24) is 0 Å². The van der Waals surface area contributed by atoms with E-state index in [1.807, 2.05) is 54.6 Å². The first kappa shape index (κ1) is 17.1. The number of carbonyl (C=O) groups excluding carboxylic acids is 2. The van der Waals surface area contributed by atoms with Crippen molar-refractivity contribution in [3.8, 4) is 5.75 Å². The molecule has 136 valence electrons. The van der Waals surface area contributed by atoms with E-state index >= 15 is 0 Å².